The number of anilines is 2. The largest absolute Gasteiger partial charge is 0.466 e. The van der Waals surface area contributed by atoms with E-state index in [4.69, 9.17) is 14.2 Å². The summed E-state index contributed by atoms with van der Waals surface area (Å²) in [5, 5.41) is 14.3. The Hall–Kier alpha value is -3.22. The van der Waals surface area contributed by atoms with Crippen LogP contribution in [-0.2, 0) is 9.47 Å². The molecule has 1 fully saturated rings. The van der Waals surface area contributed by atoms with Crippen molar-refractivity contribution in [2.45, 2.75) is 12.8 Å². The number of nitro groups is 1. The molecule has 1 N–H and O–H groups in total. The molecule has 1 aliphatic heterocycles. The van der Waals surface area contributed by atoms with Gasteiger partial charge in [-0.15, -0.1) is 0 Å². The van der Waals surface area contributed by atoms with Gasteiger partial charge in [0, 0.05) is 44.1 Å². The minimum atomic E-state index is -1.05. The van der Waals surface area contributed by atoms with Crippen LogP contribution in [0.1, 0.15) is 18.4 Å². The molecule has 0 spiro atoms. The molecule has 2 aromatic carbocycles. The van der Waals surface area contributed by atoms with Crippen LogP contribution in [0.15, 0.2) is 30.3 Å². The molecule has 2 aromatic rings. The molecule has 1 heterocycles. The Bertz CT molecular complexity index is 981. The lowest BCUT2D eigenvalue weighted by Gasteiger charge is -2.17. The van der Waals surface area contributed by atoms with Crippen molar-refractivity contribution in [3.05, 3.63) is 57.6 Å². The summed E-state index contributed by atoms with van der Waals surface area (Å²) in [6.45, 7) is 1.09. The second-order valence-corrected chi connectivity index (χ2v) is 6.58. The van der Waals surface area contributed by atoms with Crippen molar-refractivity contribution >= 4 is 17.1 Å². The summed E-state index contributed by atoms with van der Waals surface area (Å²) in [6, 6.07) is 5.77. The third-order valence-corrected chi connectivity index (χ3v) is 4.45. The van der Waals surface area contributed by atoms with Gasteiger partial charge in [0.2, 0.25) is 0 Å². The standard InChI is InChI=1S/C21H20F2N2O5/c1-28-13-30-21-12-16(25(26)27)11-20(24-15-3-5-18(22)19(23)10-15)17(21)4-2-14-6-8-29-9-7-14/h3,5,10-12,14,24H,6-9,13H2,1H3. The second kappa shape index (κ2) is 10.0. The number of nitrogens with one attached hydrogen (secondary N) is 1. The molecule has 0 aromatic heterocycles. The lowest BCUT2D eigenvalue weighted by molar-refractivity contribution is -0.384. The van der Waals surface area contributed by atoms with Gasteiger partial charge in [-0.3, -0.25) is 10.1 Å². The average molecular weight is 418 g/mol. The minimum absolute atomic E-state index is 0.111. The highest BCUT2D eigenvalue weighted by Crippen LogP contribution is 2.34. The molecule has 0 atom stereocenters. The number of nitro benzene ring substituents is 1. The molecular formula is C21H20F2N2O5. The van der Waals surface area contributed by atoms with Gasteiger partial charge in [-0.1, -0.05) is 11.8 Å². The number of rotatable bonds is 6. The fourth-order valence-corrected chi connectivity index (χ4v) is 2.92. The van der Waals surface area contributed by atoms with Crippen LogP contribution < -0.4 is 10.1 Å². The van der Waals surface area contributed by atoms with Crippen molar-refractivity contribution in [3.63, 3.8) is 0 Å². The first-order valence-electron chi connectivity index (χ1n) is 9.23. The molecule has 0 amide bonds. The quantitative estimate of drug-likeness (QED) is 0.325. The van der Waals surface area contributed by atoms with E-state index in [2.05, 4.69) is 17.2 Å². The number of hydrogen-bond donors (Lipinski definition) is 1. The van der Waals surface area contributed by atoms with Gasteiger partial charge in [-0.25, -0.2) is 8.78 Å². The lowest BCUT2D eigenvalue weighted by Crippen LogP contribution is -2.14. The number of nitrogens with zero attached hydrogens (tertiary/aromatic N) is 1. The first-order valence-corrected chi connectivity index (χ1v) is 9.23. The summed E-state index contributed by atoms with van der Waals surface area (Å²) in [4.78, 5) is 10.8. The zero-order valence-electron chi connectivity index (χ0n) is 16.2. The third kappa shape index (κ3) is 5.43. The second-order valence-electron chi connectivity index (χ2n) is 6.58. The number of ether oxygens (including phenoxy) is 3. The van der Waals surface area contributed by atoms with E-state index in [0.29, 0.717) is 18.8 Å². The van der Waals surface area contributed by atoms with Gasteiger partial charge in [0.25, 0.3) is 5.69 Å². The molecule has 30 heavy (non-hydrogen) atoms. The Morgan fingerprint density at radius 2 is 2.00 bits per heavy atom. The maximum atomic E-state index is 13.6. The Morgan fingerprint density at radius 3 is 2.67 bits per heavy atom. The molecule has 158 valence electrons. The van der Waals surface area contributed by atoms with Gasteiger partial charge in [0.1, 0.15) is 5.75 Å². The maximum absolute atomic E-state index is 13.6. The predicted molar refractivity (Wildman–Crippen MR) is 106 cm³/mol. The number of hydrogen-bond acceptors (Lipinski definition) is 6. The Morgan fingerprint density at radius 1 is 1.23 bits per heavy atom. The van der Waals surface area contributed by atoms with Gasteiger partial charge < -0.3 is 19.5 Å². The summed E-state index contributed by atoms with van der Waals surface area (Å²) in [7, 11) is 1.42. The molecule has 7 nitrogen and oxygen atoms in total. The summed E-state index contributed by atoms with van der Waals surface area (Å²) < 4.78 is 42.6. The molecule has 1 aliphatic rings. The SMILES string of the molecule is COCOc1cc([N+](=O)[O-])cc(Nc2ccc(F)c(F)c2)c1C#CC1CCOCC1. The molecular weight excluding hydrogens is 398 g/mol. The highest BCUT2D eigenvalue weighted by Gasteiger charge is 2.19. The first kappa shape index (κ1) is 21.5. The van der Waals surface area contributed by atoms with Crippen LogP contribution in [0.5, 0.6) is 5.75 Å². The van der Waals surface area contributed by atoms with Crippen LogP contribution in [0, 0.1) is 39.5 Å². The van der Waals surface area contributed by atoms with E-state index in [1.54, 1.807) is 0 Å². The van der Waals surface area contributed by atoms with Crippen molar-refractivity contribution in [2.24, 2.45) is 5.92 Å². The van der Waals surface area contributed by atoms with Crippen LogP contribution in [0.25, 0.3) is 0 Å². The van der Waals surface area contributed by atoms with E-state index in [1.807, 2.05) is 0 Å². The number of benzene rings is 2. The Labute approximate surface area is 172 Å². The summed E-state index contributed by atoms with van der Waals surface area (Å²) in [5.41, 5.74) is 0.554. The fraction of sp³-hybridized carbons (Fsp3) is 0.333. The Kier molecular flexibility index (Phi) is 7.17. The van der Waals surface area contributed by atoms with Crippen LogP contribution in [0.4, 0.5) is 25.8 Å². The number of methoxy groups -OCH3 is 1. The number of non-ortho nitro benzene ring substituents is 1. The maximum Gasteiger partial charge on any atom is 0.275 e. The van der Waals surface area contributed by atoms with E-state index in [1.165, 1.54) is 25.3 Å². The van der Waals surface area contributed by atoms with Crippen molar-refractivity contribution in [3.8, 4) is 17.6 Å². The fourth-order valence-electron chi connectivity index (χ4n) is 2.92. The average Bonchev–Trinajstić information content (AvgIpc) is 2.74. The molecule has 0 unspecified atom stereocenters. The van der Waals surface area contributed by atoms with Crippen LogP contribution in [0.3, 0.4) is 0 Å². The van der Waals surface area contributed by atoms with E-state index < -0.39 is 16.6 Å². The molecule has 0 radical (unpaired) electrons. The van der Waals surface area contributed by atoms with Gasteiger partial charge in [-0.05, 0) is 25.0 Å². The summed E-state index contributed by atoms with van der Waals surface area (Å²) in [6.07, 6.45) is 1.56. The van der Waals surface area contributed by atoms with Crippen LogP contribution in [-0.4, -0.2) is 32.0 Å². The van der Waals surface area contributed by atoms with Crippen LogP contribution in [0.2, 0.25) is 0 Å². The molecule has 0 saturated carbocycles. The van der Waals surface area contributed by atoms with Crippen molar-refractivity contribution in [2.75, 3.05) is 32.4 Å². The van der Waals surface area contributed by atoms with Gasteiger partial charge in [0.15, 0.2) is 18.4 Å². The highest BCUT2D eigenvalue weighted by atomic mass is 19.2. The molecule has 9 heteroatoms. The van der Waals surface area contributed by atoms with Gasteiger partial charge in [-0.2, -0.15) is 0 Å². The predicted octanol–water partition coefficient (Wildman–Crippen LogP) is 4.38. The van der Waals surface area contributed by atoms with E-state index in [0.717, 1.165) is 25.0 Å². The third-order valence-electron chi connectivity index (χ3n) is 4.45. The molecule has 0 bridgehead atoms. The number of halogens is 2. The smallest absolute Gasteiger partial charge is 0.275 e. The summed E-state index contributed by atoms with van der Waals surface area (Å²) >= 11 is 0. The van der Waals surface area contributed by atoms with Crippen molar-refractivity contribution in [1.29, 1.82) is 0 Å². The van der Waals surface area contributed by atoms with Gasteiger partial charge in [0.05, 0.1) is 22.2 Å². The Balaban J connectivity index is 2.05. The van der Waals surface area contributed by atoms with E-state index in [9.17, 15) is 18.9 Å². The first-order chi connectivity index (χ1) is 14.5. The minimum Gasteiger partial charge on any atom is -0.466 e. The topological polar surface area (TPSA) is 82.9 Å². The zero-order valence-corrected chi connectivity index (χ0v) is 16.2. The van der Waals surface area contributed by atoms with Gasteiger partial charge >= 0.3 is 0 Å². The molecule has 3 rings (SSSR count). The van der Waals surface area contributed by atoms with Crippen molar-refractivity contribution < 1.29 is 27.9 Å². The molecule has 1 saturated heterocycles. The highest BCUT2D eigenvalue weighted by molar-refractivity contribution is 5.74. The van der Waals surface area contributed by atoms with Crippen molar-refractivity contribution in [1.82, 2.24) is 0 Å². The summed E-state index contributed by atoms with van der Waals surface area (Å²) in [5.74, 6) is 4.41. The molecule has 0 aliphatic carbocycles. The van der Waals surface area contributed by atoms with E-state index in [-0.39, 0.29) is 35.5 Å². The zero-order chi connectivity index (χ0) is 21.5. The lowest BCUT2D eigenvalue weighted by atomic mass is 10.00. The van der Waals surface area contributed by atoms with E-state index >= 15 is 0 Å². The monoisotopic (exact) mass is 418 g/mol. The van der Waals surface area contributed by atoms with Crippen LogP contribution >= 0.6 is 0 Å². The normalized spacial score (nSPS) is 14.0.